The Morgan fingerprint density at radius 3 is 2.00 bits per heavy atom. The number of rotatable bonds is 7. The summed E-state index contributed by atoms with van der Waals surface area (Å²) in [7, 11) is 1.63. The summed E-state index contributed by atoms with van der Waals surface area (Å²) in [6, 6.07) is 7.03. The molecule has 1 rings (SSSR count). The Hall–Kier alpha value is -2.24. The van der Waals surface area contributed by atoms with E-state index in [0.29, 0.717) is 12.8 Å². The van der Waals surface area contributed by atoms with Crippen molar-refractivity contribution >= 4 is 12.1 Å². The van der Waals surface area contributed by atoms with E-state index in [1.54, 1.807) is 48.7 Å². The lowest BCUT2D eigenvalue weighted by Gasteiger charge is -2.26. The van der Waals surface area contributed by atoms with Gasteiger partial charge in [0.25, 0.3) is 0 Å². The normalized spacial score (nSPS) is 12.9. The number of benzene rings is 1. The fourth-order valence-corrected chi connectivity index (χ4v) is 2.37. The summed E-state index contributed by atoms with van der Waals surface area (Å²) in [6.07, 6.45) is 1.33. The predicted molar refractivity (Wildman–Crippen MR) is 105 cm³/mol. The lowest BCUT2D eigenvalue weighted by atomic mass is 10.0. The zero-order valence-corrected chi connectivity index (χ0v) is 17.5. The van der Waals surface area contributed by atoms with Gasteiger partial charge in [-0.05, 0) is 78.5 Å². The lowest BCUT2D eigenvalue weighted by Crippen LogP contribution is -2.46. The highest BCUT2D eigenvalue weighted by molar-refractivity contribution is 5.81. The second kappa shape index (κ2) is 9.62. The summed E-state index contributed by atoms with van der Waals surface area (Å²) in [5, 5.41) is 2.64. The fraction of sp³-hybridized carbons (Fsp3) is 0.619. The summed E-state index contributed by atoms with van der Waals surface area (Å²) in [4.78, 5) is 24.6. The first-order valence-electron chi connectivity index (χ1n) is 9.25. The third-order valence-corrected chi connectivity index (χ3v) is 3.50. The molecule has 152 valence electrons. The number of hydrogen-bond donors (Lipinski definition) is 1. The molecule has 0 aliphatic carbocycles. The Labute approximate surface area is 162 Å². The zero-order chi connectivity index (χ0) is 20.7. The minimum Gasteiger partial charge on any atom is -0.497 e. The molecule has 0 spiro atoms. The molecule has 1 atom stereocenters. The molecule has 0 aromatic heterocycles. The van der Waals surface area contributed by atoms with Gasteiger partial charge in [-0.15, -0.1) is 0 Å². The molecule has 1 N–H and O–H groups in total. The molecule has 1 amide bonds. The largest absolute Gasteiger partial charge is 0.497 e. The van der Waals surface area contributed by atoms with Crippen LogP contribution in [0.25, 0.3) is 0 Å². The SMILES string of the molecule is COc1ccc(CCC[C@H](NC(=O)OC(C)(C)C)C(=O)OC(C)(C)C)cc1. The highest BCUT2D eigenvalue weighted by atomic mass is 16.6. The zero-order valence-electron chi connectivity index (χ0n) is 17.5. The van der Waals surface area contributed by atoms with Crippen molar-refractivity contribution in [2.75, 3.05) is 7.11 Å². The van der Waals surface area contributed by atoms with Crippen LogP contribution in [0, 0.1) is 0 Å². The molecule has 0 saturated carbocycles. The van der Waals surface area contributed by atoms with Crippen LogP contribution in [0.5, 0.6) is 5.75 Å². The molecule has 0 radical (unpaired) electrons. The van der Waals surface area contributed by atoms with Gasteiger partial charge in [0.1, 0.15) is 23.0 Å². The third-order valence-electron chi connectivity index (χ3n) is 3.50. The molecule has 1 aromatic carbocycles. The van der Waals surface area contributed by atoms with E-state index in [0.717, 1.165) is 17.7 Å². The van der Waals surface area contributed by atoms with E-state index in [2.05, 4.69) is 5.32 Å². The fourth-order valence-electron chi connectivity index (χ4n) is 2.37. The highest BCUT2D eigenvalue weighted by Gasteiger charge is 2.28. The number of carbonyl (C=O) groups excluding carboxylic acids is 2. The lowest BCUT2D eigenvalue weighted by molar-refractivity contribution is -0.157. The minimum atomic E-state index is -0.752. The van der Waals surface area contributed by atoms with Crippen LogP contribution in [0.4, 0.5) is 4.79 Å². The van der Waals surface area contributed by atoms with Crippen LogP contribution in [0.1, 0.15) is 59.9 Å². The van der Waals surface area contributed by atoms with Gasteiger partial charge in [-0.1, -0.05) is 12.1 Å². The van der Waals surface area contributed by atoms with Crippen LogP contribution in [0.3, 0.4) is 0 Å². The molecular formula is C21H33NO5. The maximum Gasteiger partial charge on any atom is 0.408 e. The molecule has 0 bridgehead atoms. The second-order valence-electron chi connectivity index (χ2n) is 8.47. The molecular weight excluding hydrogens is 346 g/mol. The van der Waals surface area contributed by atoms with E-state index in [9.17, 15) is 9.59 Å². The number of alkyl carbamates (subject to hydrolysis) is 1. The maximum atomic E-state index is 12.5. The van der Waals surface area contributed by atoms with E-state index in [4.69, 9.17) is 14.2 Å². The minimum absolute atomic E-state index is 0.455. The maximum absolute atomic E-state index is 12.5. The number of esters is 1. The van der Waals surface area contributed by atoms with Crippen molar-refractivity contribution in [1.29, 1.82) is 0 Å². The van der Waals surface area contributed by atoms with Crippen molar-refractivity contribution in [3.63, 3.8) is 0 Å². The molecule has 27 heavy (non-hydrogen) atoms. The van der Waals surface area contributed by atoms with E-state index >= 15 is 0 Å². The average molecular weight is 379 g/mol. The number of amides is 1. The van der Waals surface area contributed by atoms with Crippen molar-refractivity contribution in [1.82, 2.24) is 5.32 Å². The summed E-state index contributed by atoms with van der Waals surface area (Å²) in [6.45, 7) is 10.7. The monoisotopic (exact) mass is 379 g/mol. The number of hydrogen-bond acceptors (Lipinski definition) is 5. The first kappa shape index (κ1) is 22.8. The van der Waals surface area contributed by atoms with Crippen LogP contribution in [0.15, 0.2) is 24.3 Å². The summed E-state index contributed by atoms with van der Waals surface area (Å²) < 4.78 is 15.9. The van der Waals surface area contributed by atoms with Gasteiger partial charge in [0.05, 0.1) is 7.11 Å². The Morgan fingerprint density at radius 2 is 1.52 bits per heavy atom. The molecule has 0 unspecified atom stereocenters. The van der Waals surface area contributed by atoms with Gasteiger partial charge < -0.3 is 19.5 Å². The van der Waals surface area contributed by atoms with Crippen LogP contribution >= 0.6 is 0 Å². The summed E-state index contributed by atoms with van der Waals surface area (Å²) >= 11 is 0. The van der Waals surface area contributed by atoms with E-state index < -0.39 is 29.3 Å². The van der Waals surface area contributed by atoms with Crippen LogP contribution in [-0.2, 0) is 20.7 Å². The number of aryl methyl sites for hydroxylation is 1. The number of nitrogens with one attached hydrogen (secondary N) is 1. The number of methoxy groups -OCH3 is 1. The smallest absolute Gasteiger partial charge is 0.408 e. The quantitative estimate of drug-likeness (QED) is 0.717. The molecule has 0 aliphatic rings. The Bertz CT molecular complexity index is 611. The van der Waals surface area contributed by atoms with E-state index in [1.165, 1.54) is 0 Å². The van der Waals surface area contributed by atoms with Crippen LogP contribution in [0.2, 0.25) is 0 Å². The Morgan fingerprint density at radius 1 is 0.963 bits per heavy atom. The van der Waals surface area contributed by atoms with Crippen LogP contribution < -0.4 is 10.1 Å². The van der Waals surface area contributed by atoms with Gasteiger partial charge in [0.15, 0.2) is 0 Å². The molecule has 6 nitrogen and oxygen atoms in total. The van der Waals surface area contributed by atoms with Gasteiger partial charge in [0, 0.05) is 0 Å². The van der Waals surface area contributed by atoms with Crippen molar-refractivity contribution in [3.05, 3.63) is 29.8 Å². The standard InChI is InChI=1S/C21H33NO5/c1-20(2,3)26-18(23)17(22-19(24)27-21(4,5)6)10-8-9-15-11-13-16(25-7)14-12-15/h11-14,17H,8-10H2,1-7H3,(H,22,24)/t17-/m0/s1. The van der Waals surface area contributed by atoms with Crippen molar-refractivity contribution in [2.24, 2.45) is 0 Å². The highest BCUT2D eigenvalue weighted by Crippen LogP contribution is 2.16. The van der Waals surface area contributed by atoms with Gasteiger partial charge in [-0.2, -0.15) is 0 Å². The van der Waals surface area contributed by atoms with Gasteiger partial charge in [-0.3, -0.25) is 0 Å². The molecule has 0 heterocycles. The number of ether oxygens (including phenoxy) is 3. The van der Waals surface area contributed by atoms with Gasteiger partial charge in [0.2, 0.25) is 0 Å². The first-order valence-corrected chi connectivity index (χ1v) is 9.25. The third kappa shape index (κ3) is 9.87. The first-order chi connectivity index (χ1) is 12.4. The second-order valence-corrected chi connectivity index (χ2v) is 8.47. The molecule has 0 aliphatic heterocycles. The van der Waals surface area contributed by atoms with Crippen molar-refractivity contribution in [3.8, 4) is 5.75 Å². The molecule has 6 heteroatoms. The van der Waals surface area contributed by atoms with Crippen LogP contribution in [-0.4, -0.2) is 36.4 Å². The van der Waals surface area contributed by atoms with Crippen molar-refractivity contribution < 1.29 is 23.8 Å². The average Bonchev–Trinajstić information content (AvgIpc) is 2.51. The molecule has 0 fully saturated rings. The Balaban J connectivity index is 2.68. The molecule has 1 aromatic rings. The number of carbonyl (C=O) groups is 2. The van der Waals surface area contributed by atoms with Gasteiger partial charge in [-0.25, -0.2) is 9.59 Å². The summed E-state index contributed by atoms with van der Waals surface area (Å²) in [5.74, 6) is 0.347. The summed E-state index contributed by atoms with van der Waals surface area (Å²) in [5.41, 5.74) is -0.122. The van der Waals surface area contributed by atoms with E-state index in [-0.39, 0.29) is 0 Å². The van der Waals surface area contributed by atoms with Crippen molar-refractivity contribution in [2.45, 2.75) is 78.0 Å². The topological polar surface area (TPSA) is 73.9 Å². The Kier molecular flexibility index (Phi) is 8.13. The van der Waals surface area contributed by atoms with Gasteiger partial charge >= 0.3 is 12.1 Å². The predicted octanol–water partition coefficient (Wildman–Crippen LogP) is 4.25. The molecule has 0 saturated heterocycles. The van der Waals surface area contributed by atoms with E-state index in [1.807, 2.05) is 24.3 Å².